The zero-order valence-electron chi connectivity index (χ0n) is 13.1. The van der Waals surface area contributed by atoms with E-state index in [1.54, 1.807) is 42.3 Å². The van der Waals surface area contributed by atoms with Gasteiger partial charge < -0.3 is 20.1 Å². The minimum absolute atomic E-state index is 0.0924. The maximum Gasteiger partial charge on any atom is 0.231 e. The highest BCUT2D eigenvalue weighted by molar-refractivity contribution is 6.03. The maximum absolute atomic E-state index is 12.3. The van der Waals surface area contributed by atoms with E-state index in [1.807, 2.05) is 0 Å². The fraction of sp³-hybridized carbons (Fsp3) is 0.235. The van der Waals surface area contributed by atoms with Gasteiger partial charge in [0.15, 0.2) is 11.6 Å². The van der Waals surface area contributed by atoms with E-state index in [-0.39, 0.29) is 36.3 Å². The van der Waals surface area contributed by atoms with Crippen LogP contribution >= 0.6 is 0 Å². The van der Waals surface area contributed by atoms with Gasteiger partial charge in [-0.2, -0.15) is 0 Å². The predicted octanol–water partition coefficient (Wildman–Crippen LogP) is 1.79. The number of nitrogens with one attached hydrogen (secondary N) is 1. The minimum atomic E-state index is -0.509. The van der Waals surface area contributed by atoms with Gasteiger partial charge in [-0.05, 0) is 24.3 Å². The number of hydrogen-bond acceptors (Lipinski definition) is 5. The van der Waals surface area contributed by atoms with Gasteiger partial charge in [0, 0.05) is 30.9 Å². The van der Waals surface area contributed by atoms with E-state index in [9.17, 15) is 14.7 Å². The van der Waals surface area contributed by atoms with Crippen LogP contribution in [0.1, 0.15) is 6.42 Å². The summed E-state index contributed by atoms with van der Waals surface area (Å²) in [5.41, 5.74) is 0.690. The minimum Gasteiger partial charge on any atom is -0.504 e. The second-order valence-corrected chi connectivity index (χ2v) is 5.47. The Balaban J connectivity index is 1.72. The van der Waals surface area contributed by atoms with Gasteiger partial charge in [-0.15, -0.1) is 0 Å². The molecule has 0 saturated carbocycles. The van der Waals surface area contributed by atoms with Gasteiger partial charge in [-0.25, -0.2) is 4.98 Å². The van der Waals surface area contributed by atoms with Crippen molar-refractivity contribution in [2.75, 3.05) is 23.9 Å². The SMILES string of the molecule is COc1cccc(N2CC(C(=O)Nc3ncccc3O)CC2=O)c1. The molecule has 0 radical (unpaired) electrons. The monoisotopic (exact) mass is 327 g/mol. The van der Waals surface area contributed by atoms with Crippen molar-refractivity contribution in [2.24, 2.45) is 5.92 Å². The highest BCUT2D eigenvalue weighted by Crippen LogP contribution is 2.29. The van der Waals surface area contributed by atoms with Gasteiger partial charge in [-0.1, -0.05) is 6.07 Å². The second-order valence-electron chi connectivity index (χ2n) is 5.47. The third kappa shape index (κ3) is 3.15. The lowest BCUT2D eigenvalue weighted by Crippen LogP contribution is -2.28. The standard InChI is InChI=1S/C17H17N3O4/c1-24-13-5-2-4-12(9-13)20-10-11(8-15(20)22)17(23)19-16-14(21)6-3-7-18-16/h2-7,9,11,21H,8,10H2,1H3,(H,18,19,23). The summed E-state index contributed by atoms with van der Waals surface area (Å²) >= 11 is 0. The van der Waals surface area contributed by atoms with E-state index in [2.05, 4.69) is 10.3 Å². The molecule has 0 bridgehead atoms. The largest absolute Gasteiger partial charge is 0.504 e. The number of aromatic hydroxyl groups is 1. The molecule has 24 heavy (non-hydrogen) atoms. The van der Waals surface area contributed by atoms with Crippen molar-refractivity contribution in [1.82, 2.24) is 4.98 Å². The molecular formula is C17H17N3O4. The summed E-state index contributed by atoms with van der Waals surface area (Å²) in [6.45, 7) is 0.269. The number of aromatic nitrogens is 1. The van der Waals surface area contributed by atoms with Gasteiger partial charge in [0.05, 0.1) is 13.0 Å². The van der Waals surface area contributed by atoms with Crippen molar-refractivity contribution < 1.29 is 19.4 Å². The van der Waals surface area contributed by atoms with Crippen molar-refractivity contribution in [3.63, 3.8) is 0 Å². The third-order valence-corrected chi connectivity index (χ3v) is 3.89. The molecule has 1 fully saturated rings. The smallest absolute Gasteiger partial charge is 0.231 e. The highest BCUT2D eigenvalue weighted by atomic mass is 16.5. The fourth-order valence-electron chi connectivity index (χ4n) is 2.62. The van der Waals surface area contributed by atoms with Crippen molar-refractivity contribution in [3.8, 4) is 11.5 Å². The van der Waals surface area contributed by atoms with Crippen LogP contribution in [-0.4, -0.2) is 35.6 Å². The lowest BCUT2D eigenvalue weighted by Gasteiger charge is -2.17. The van der Waals surface area contributed by atoms with E-state index in [0.29, 0.717) is 11.4 Å². The second kappa shape index (κ2) is 6.57. The average molecular weight is 327 g/mol. The summed E-state index contributed by atoms with van der Waals surface area (Å²) in [7, 11) is 1.56. The molecule has 2 amide bonds. The molecule has 1 aromatic carbocycles. The van der Waals surface area contributed by atoms with Crippen LogP contribution < -0.4 is 15.0 Å². The molecule has 1 aliphatic heterocycles. The maximum atomic E-state index is 12.3. The summed E-state index contributed by atoms with van der Waals surface area (Å²) < 4.78 is 5.16. The van der Waals surface area contributed by atoms with Gasteiger partial charge >= 0.3 is 0 Å². The Bertz CT molecular complexity index is 778. The number of amides is 2. The number of carbonyl (C=O) groups excluding carboxylic acids is 2. The lowest BCUT2D eigenvalue weighted by atomic mass is 10.1. The number of ether oxygens (including phenoxy) is 1. The number of rotatable bonds is 4. The van der Waals surface area contributed by atoms with E-state index in [1.165, 1.54) is 12.3 Å². The molecule has 2 aromatic rings. The Labute approximate surface area is 138 Å². The average Bonchev–Trinajstić information content (AvgIpc) is 2.99. The molecule has 1 unspecified atom stereocenters. The van der Waals surface area contributed by atoms with Crippen molar-refractivity contribution >= 4 is 23.3 Å². The quantitative estimate of drug-likeness (QED) is 0.893. The molecule has 1 atom stereocenters. The first-order chi connectivity index (χ1) is 11.6. The van der Waals surface area contributed by atoms with Crippen LogP contribution in [0.5, 0.6) is 11.5 Å². The zero-order chi connectivity index (χ0) is 17.1. The molecular weight excluding hydrogens is 310 g/mol. The van der Waals surface area contributed by atoms with Crippen LogP contribution in [0.2, 0.25) is 0 Å². The van der Waals surface area contributed by atoms with Crippen molar-refractivity contribution in [3.05, 3.63) is 42.6 Å². The van der Waals surface area contributed by atoms with Crippen molar-refractivity contribution in [2.45, 2.75) is 6.42 Å². The number of hydrogen-bond donors (Lipinski definition) is 2. The Hall–Kier alpha value is -3.09. The Morgan fingerprint density at radius 1 is 1.38 bits per heavy atom. The fourth-order valence-corrected chi connectivity index (χ4v) is 2.62. The highest BCUT2D eigenvalue weighted by Gasteiger charge is 2.35. The lowest BCUT2D eigenvalue weighted by molar-refractivity contribution is -0.122. The molecule has 3 rings (SSSR count). The number of pyridine rings is 1. The molecule has 124 valence electrons. The Kier molecular flexibility index (Phi) is 4.33. The first-order valence-corrected chi connectivity index (χ1v) is 7.47. The Morgan fingerprint density at radius 2 is 2.21 bits per heavy atom. The molecule has 0 spiro atoms. The van der Waals surface area contributed by atoms with Crippen LogP contribution in [0.25, 0.3) is 0 Å². The van der Waals surface area contributed by atoms with E-state index < -0.39 is 5.92 Å². The van der Waals surface area contributed by atoms with Crippen LogP contribution in [0.3, 0.4) is 0 Å². The number of anilines is 2. The normalized spacial score (nSPS) is 17.0. The summed E-state index contributed by atoms with van der Waals surface area (Å²) in [6, 6.07) is 10.1. The zero-order valence-corrected chi connectivity index (χ0v) is 13.1. The number of nitrogens with zero attached hydrogens (tertiary/aromatic N) is 2. The van der Waals surface area contributed by atoms with Crippen LogP contribution in [0.15, 0.2) is 42.6 Å². The topological polar surface area (TPSA) is 91.8 Å². The number of carbonyl (C=O) groups is 2. The predicted molar refractivity (Wildman–Crippen MR) is 88.0 cm³/mol. The molecule has 1 saturated heterocycles. The van der Waals surface area contributed by atoms with Gasteiger partial charge in [-0.3, -0.25) is 9.59 Å². The van der Waals surface area contributed by atoms with E-state index >= 15 is 0 Å². The van der Waals surface area contributed by atoms with Crippen molar-refractivity contribution in [1.29, 1.82) is 0 Å². The molecule has 7 nitrogen and oxygen atoms in total. The van der Waals surface area contributed by atoms with E-state index in [4.69, 9.17) is 4.74 Å². The summed E-state index contributed by atoms with van der Waals surface area (Å²) in [6.07, 6.45) is 1.58. The number of methoxy groups -OCH3 is 1. The molecule has 0 aliphatic carbocycles. The van der Waals surface area contributed by atoms with Gasteiger partial charge in [0.25, 0.3) is 0 Å². The van der Waals surface area contributed by atoms with Crippen LogP contribution in [0, 0.1) is 5.92 Å². The Morgan fingerprint density at radius 3 is 2.96 bits per heavy atom. The number of benzene rings is 1. The summed E-state index contributed by atoms with van der Waals surface area (Å²) in [4.78, 5) is 30.1. The van der Waals surface area contributed by atoms with Gasteiger partial charge in [0.2, 0.25) is 11.8 Å². The molecule has 7 heteroatoms. The molecule has 2 heterocycles. The molecule has 1 aromatic heterocycles. The summed E-state index contributed by atoms with van der Waals surface area (Å²) in [5.74, 6) is -0.359. The van der Waals surface area contributed by atoms with Crippen LogP contribution in [-0.2, 0) is 9.59 Å². The van der Waals surface area contributed by atoms with Crippen LogP contribution in [0.4, 0.5) is 11.5 Å². The molecule has 2 N–H and O–H groups in total. The first kappa shape index (κ1) is 15.8. The third-order valence-electron chi connectivity index (χ3n) is 3.89. The van der Waals surface area contributed by atoms with E-state index in [0.717, 1.165) is 0 Å². The summed E-state index contributed by atoms with van der Waals surface area (Å²) in [5, 5.41) is 12.2. The van der Waals surface area contributed by atoms with Gasteiger partial charge in [0.1, 0.15) is 5.75 Å². The molecule has 1 aliphatic rings. The first-order valence-electron chi connectivity index (χ1n) is 7.47.